The lowest BCUT2D eigenvalue weighted by molar-refractivity contribution is 0.0259. The third kappa shape index (κ3) is 2.74. The maximum atomic E-state index is 5.74. The third-order valence-electron chi connectivity index (χ3n) is 2.66. The first-order valence-electron chi connectivity index (χ1n) is 5.96. The number of ether oxygens (including phenoxy) is 2. The number of hydrogen-bond acceptors (Lipinski definition) is 3. The van der Waals surface area contributed by atoms with Crippen LogP contribution in [0.2, 0.25) is 0 Å². The number of morpholine rings is 1. The third-order valence-corrected chi connectivity index (χ3v) is 2.66. The Morgan fingerprint density at radius 3 is 3.06 bits per heavy atom. The summed E-state index contributed by atoms with van der Waals surface area (Å²) in [5.74, 6) is 0.957. The first-order valence-corrected chi connectivity index (χ1v) is 5.96. The zero-order valence-electron chi connectivity index (χ0n) is 9.74. The molecule has 2 rings (SSSR count). The second kappa shape index (κ2) is 5.87. The molecule has 3 nitrogen and oxygen atoms in total. The van der Waals surface area contributed by atoms with E-state index in [4.69, 9.17) is 9.47 Å². The summed E-state index contributed by atoms with van der Waals surface area (Å²) in [4.78, 5) is 0. The molecule has 1 aromatic carbocycles. The Kier molecular flexibility index (Phi) is 4.19. The van der Waals surface area contributed by atoms with Gasteiger partial charge in [-0.3, -0.25) is 0 Å². The van der Waals surface area contributed by atoms with E-state index in [-0.39, 0.29) is 6.10 Å². The van der Waals surface area contributed by atoms with E-state index in [0.717, 1.165) is 44.0 Å². The minimum absolute atomic E-state index is 0.127. The molecule has 0 aromatic heterocycles. The molecular weight excluding hydrogens is 202 g/mol. The molecule has 0 radical (unpaired) electrons. The SMILES string of the molecule is CCCOc1ccccc1C1CNCCO1. The van der Waals surface area contributed by atoms with Gasteiger partial charge in [-0.05, 0) is 12.5 Å². The maximum absolute atomic E-state index is 5.74. The van der Waals surface area contributed by atoms with Crippen molar-refractivity contribution in [3.63, 3.8) is 0 Å². The summed E-state index contributed by atoms with van der Waals surface area (Å²) in [6.07, 6.45) is 1.15. The Labute approximate surface area is 96.8 Å². The molecule has 3 heteroatoms. The van der Waals surface area contributed by atoms with Crippen molar-refractivity contribution in [3.05, 3.63) is 29.8 Å². The van der Waals surface area contributed by atoms with Crippen molar-refractivity contribution in [3.8, 4) is 5.75 Å². The highest BCUT2D eigenvalue weighted by Crippen LogP contribution is 2.28. The average molecular weight is 221 g/mol. The van der Waals surface area contributed by atoms with Gasteiger partial charge in [-0.2, -0.15) is 0 Å². The van der Waals surface area contributed by atoms with E-state index in [9.17, 15) is 0 Å². The van der Waals surface area contributed by atoms with Crippen LogP contribution in [-0.2, 0) is 4.74 Å². The molecule has 1 saturated heterocycles. The molecule has 16 heavy (non-hydrogen) atoms. The van der Waals surface area contributed by atoms with Crippen molar-refractivity contribution < 1.29 is 9.47 Å². The molecule has 0 saturated carbocycles. The maximum Gasteiger partial charge on any atom is 0.125 e. The van der Waals surface area contributed by atoms with Gasteiger partial charge in [0.2, 0.25) is 0 Å². The van der Waals surface area contributed by atoms with Crippen LogP contribution in [0.4, 0.5) is 0 Å². The predicted octanol–water partition coefficient (Wildman–Crippen LogP) is 2.14. The van der Waals surface area contributed by atoms with E-state index >= 15 is 0 Å². The van der Waals surface area contributed by atoms with Gasteiger partial charge >= 0.3 is 0 Å². The molecule has 0 bridgehead atoms. The summed E-state index contributed by atoms with van der Waals surface area (Å²) in [6, 6.07) is 8.14. The molecule has 1 atom stereocenters. The summed E-state index contributed by atoms with van der Waals surface area (Å²) >= 11 is 0. The number of rotatable bonds is 4. The molecular formula is C13H19NO2. The normalized spacial score (nSPS) is 20.7. The molecule has 1 N–H and O–H groups in total. The summed E-state index contributed by atoms with van der Waals surface area (Å²) in [5, 5.41) is 3.34. The molecule has 1 unspecified atom stereocenters. The average Bonchev–Trinajstić information content (AvgIpc) is 2.38. The Bertz CT molecular complexity index is 321. The van der Waals surface area contributed by atoms with Gasteiger partial charge in [0.1, 0.15) is 5.75 Å². The molecule has 1 aliphatic heterocycles. The molecule has 0 spiro atoms. The molecule has 1 aromatic rings. The summed E-state index contributed by atoms with van der Waals surface area (Å²) in [7, 11) is 0. The number of benzene rings is 1. The van der Waals surface area contributed by atoms with Crippen LogP contribution in [-0.4, -0.2) is 26.3 Å². The van der Waals surface area contributed by atoms with Crippen molar-refractivity contribution in [2.75, 3.05) is 26.3 Å². The van der Waals surface area contributed by atoms with Gasteiger partial charge < -0.3 is 14.8 Å². The highest BCUT2D eigenvalue weighted by atomic mass is 16.5. The minimum Gasteiger partial charge on any atom is -0.493 e. The fourth-order valence-electron chi connectivity index (χ4n) is 1.86. The van der Waals surface area contributed by atoms with Crippen LogP contribution in [0.5, 0.6) is 5.75 Å². The van der Waals surface area contributed by atoms with Crippen LogP contribution < -0.4 is 10.1 Å². The highest BCUT2D eigenvalue weighted by molar-refractivity contribution is 5.35. The monoisotopic (exact) mass is 221 g/mol. The minimum atomic E-state index is 0.127. The van der Waals surface area contributed by atoms with Crippen LogP contribution in [0.15, 0.2) is 24.3 Å². The largest absolute Gasteiger partial charge is 0.493 e. The lowest BCUT2D eigenvalue weighted by atomic mass is 10.1. The van der Waals surface area contributed by atoms with Crippen molar-refractivity contribution in [2.45, 2.75) is 19.4 Å². The molecule has 0 amide bonds. The van der Waals surface area contributed by atoms with Gasteiger partial charge in [-0.15, -0.1) is 0 Å². The predicted molar refractivity (Wildman–Crippen MR) is 63.8 cm³/mol. The summed E-state index contributed by atoms with van der Waals surface area (Å²) in [6.45, 7) is 5.45. The summed E-state index contributed by atoms with van der Waals surface area (Å²) < 4.78 is 11.5. The van der Waals surface area contributed by atoms with Crippen LogP contribution >= 0.6 is 0 Å². The lowest BCUT2D eigenvalue weighted by Crippen LogP contribution is -2.33. The van der Waals surface area contributed by atoms with Gasteiger partial charge in [0.25, 0.3) is 0 Å². The number of nitrogens with one attached hydrogen (secondary N) is 1. The molecule has 1 aliphatic rings. The zero-order valence-corrected chi connectivity index (χ0v) is 9.74. The zero-order chi connectivity index (χ0) is 11.2. The number of para-hydroxylation sites is 1. The van der Waals surface area contributed by atoms with E-state index in [1.165, 1.54) is 0 Å². The van der Waals surface area contributed by atoms with Crippen LogP contribution in [0.1, 0.15) is 25.0 Å². The van der Waals surface area contributed by atoms with E-state index in [1.807, 2.05) is 18.2 Å². The molecule has 0 aliphatic carbocycles. The quantitative estimate of drug-likeness (QED) is 0.845. The Morgan fingerprint density at radius 2 is 2.31 bits per heavy atom. The van der Waals surface area contributed by atoms with Crippen molar-refractivity contribution in [1.82, 2.24) is 5.32 Å². The van der Waals surface area contributed by atoms with E-state index in [1.54, 1.807) is 0 Å². The fourth-order valence-corrected chi connectivity index (χ4v) is 1.86. The van der Waals surface area contributed by atoms with Gasteiger partial charge in [0.05, 0.1) is 19.3 Å². The smallest absolute Gasteiger partial charge is 0.125 e. The van der Waals surface area contributed by atoms with Crippen molar-refractivity contribution >= 4 is 0 Å². The first-order chi connectivity index (χ1) is 7.92. The Morgan fingerprint density at radius 1 is 1.44 bits per heavy atom. The van der Waals surface area contributed by atoms with Crippen LogP contribution in [0.25, 0.3) is 0 Å². The standard InChI is InChI=1S/C13H19NO2/c1-2-8-15-12-6-4-3-5-11(12)13-10-14-7-9-16-13/h3-6,13-14H,2,7-10H2,1H3. The van der Waals surface area contributed by atoms with Gasteiger partial charge in [-0.1, -0.05) is 25.1 Å². The van der Waals surface area contributed by atoms with Gasteiger partial charge in [0.15, 0.2) is 0 Å². The lowest BCUT2D eigenvalue weighted by Gasteiger charge is -2.25. The van der Waals surface area contributed by atoms with Gasteiger partial charge in [-0.25, -0.2) is 0 Å². The van der Waals surface area contributed by atoms with E-state index in [0.29, 0.717) is 0 Å². The molecule has 1 fully saturated rings. The highest BCUT2D eigenvalue weighted by Gasteiger charge is 2.18. The van der Waals surface area contributed by atoms with E-state index < -0.39 is 0 Å². The van der Waals surface area contributed by atoms with E-state index in [2.05, 4.69) is 18.3 Å². The molecule has 1 heterocycles. The summed E-state index contributed by atoms with van der Waals surface area (Å²) in [5.41, 5.74) is 1.16. The van der Waals surface area contributed by atoms with Crippen molar-refractivity contribution in [2.24, 2.45) is 0 Å². The Hall–Kier alpha value is -1.06. The number of hydrogen-bond donors (Lipinski definition) is 1. The van der Waals surface area contributed by atoms with Gasteiger partial charge in [0, 0.05) is 18.7 Å². The second-order valence-electron chi connectivity index (χ2n) is 3.95. The van der Waals surface area contributed by atoms with Crippen molar-refractivity contribution in [1.29, 1.82) is 0 Å². The first kappa shape index (κ1) is 11.4. The fraction of sp³-hybridized carbons (Fsp3) is 0.538. The second-order valence-corrected chi connectivity index (χ2v) is 3.95. The van der Waals surface area contributed by atoms with Crippen LogP contribution in [0, 0.1) is 0 Å². The molecule has 88 valence electrons. The Balaban J connectivity index is 2.11. The van der Waals surface area contributed by atoms with Crippen LogP contribution in [0.3, 0.4) is 0 Å². The topological polar surface area (TPSA) is 30.5 Å².